The molecule has 0 saturated carbocycles. The molecule has 3 nitrogen and oxygen atoms in total. The van der Waals surface area contributed by atoms with Gasteiger partial charge < -0.3 is 10.5 Å². The molecule has 102 valence electrons. The zero-order valence-electron chi connectivity index (χ0n) is 11.0. The van der Waals surface area contributed by atoms with E-state index in [-0.39, 0.29) is 18.2 Å². The molecule has 0 aliphatic heterocycles. The van der Waals surface area contributed by atoms with Gasteiger partial charge in [-0.05, 0) is 42.3 Å². The maximum atomic E-state index is 13.8. The molecule has 0 unspecified atom stereocenters. The molecule has 2 aromatic carbocycles. The molecular weight excluding hydrogens is 255 g/mol. The van der Waals surface area contributed by atoms with Gasteiger partial charge in [0.05, 0.1) is 11.6 Å². The molecule has 2 rings (SSSR count). The summed E-state index contributed by atoms with van der Waals surface area (Å²) >= 11 is 0. The number of hydrogen-bond acceptors (Lipinski definition) is 3. The van der Waals surface area contributed by atoms with Crippen LogP contribution in [0.25, 0.3) is 0 Å². The van der Waals surface area contributed by atoms with E-state index in [9.17, 15) is 4.39 Å². The van der Waals surface area contributed by atoms with Crippen molar-refractivity contribution in [1.82, 2.24) is 0 Å². The van der Waals surface area contributed by atoms with Gasteiger partial charge in [-0.3, -0.25) is 0 Å². The van der Waals surface area contributed by atoms with Crippen LogP contribution in [0.2, 0.25) is 0 Å². The number of halogens is 1. The highest BCUT2D eigenvalue weighted by Gasteiger charge is 2.09. The number of para-hydroxylation sites is 1. The van der Waals surface area contributed by atoms with Crippen LogP contribution in [0.3, 0.4) is 0 Å². The van der Waals surface area contributed by atoms with Crippen molar-refractivity contribution in [2.24, 2.45) is 5.73 Å². The molecule has 4 heteroatoms. The van der Waals surface area contributed by atoms with Gasteiger partial charge in [0.25, 0.3) is 0 Å². The fourth-order valence-corrected chi connectivity index (χ4v) is 1.90. The smallest absolute Gasteiger partial charge is 0.165 e. The van der Waals surface area contributed by atoms with Crippen LogP contribution in [0.15, 0.2) is 42.5 Å². The third-order valence-electron chi connectivity index (χ3n) is 2.93. The van der Waals surface area contributed by atoms with Gasteiger partial charge >= 0.3 is 0 Å². The summed E-state index contributed by atoms with van der Waals surface area (Å²) < 4.78 is 19.4. The normalized spacial score (nSPS) is 10.1. The second-order valence-corrected chi connectivity index (χ2v) is 4.36. The van der Waals surface area contributed by atoms with Gasteiger partial charge in [0, 0.05) is 0 Å². The Balaban J connectivity index is 2.12. The third-order valence-corrected chi connectivity index (χ3v) is 2.93. The highest BCUT2D eigenvalue weighted by molar-refractivity contribution is 5.36. The van der Waals surface area contributed by atoms with Gasteiger partial charge in [0.2, 0.25) is 0 Å². The van der Waals surface area contributed by atoms with Crippen molar-refractivity contribution < 1.29 is 9.13 Å². The van der Waals surface area contributed by atoms with Gasteiger partial charge in [0.15, 0.2) is 11.6 Å². The van der Waals surface area contributed by atoms with Crippen molar-refractivity contribution in [3.8, 4) is 11.8 Å². The van der Waals surface area contributed by atoms with E-state index < -0.39 is 0 Å². The molecule has 2 N–H and O–H groups in total. The Morgan fingerprint density at radius 1 is 1.15 bits per heavy atom. The van der Waals surface area contributed by atoms with Gasteiger partial charge in [-0.25, -0.2) is 4.39 Å². The van der Waals surface area contributed by atoms with Crippen LogP contribution < -0.4 is 10.5 Å². The first-order valence-corrected chi connectivity index (χ1v) is 6.34. The van der Waals surface area contributed by atoms with Crippen LogP contribution in [-0.4, -0.2) is 6.54 Å². The fraction of sp³-hybridized carbons (Fsp3) is 0.188. The lowest BCUT2D eigenvalue weighted by Gasteiger charge is -2.12. The molecule has 0 spiro atoms. The van der Waals surface area contributed by atoms with E-state index in [0.717, 1.165) is 11.1 Å². The van der Waals surface area contributed by atoms with Crippen molar-refractivity contribution in [1.29, 1.82) is 5.26 Å². The van der Waals surface area contributed by atoms with Gasteiger partial charge in [-0.2, -0.15) is 5.26 Å². The van der Waals surface area contributed by atoms with Crippen molar-refractivity contribution in [2.75, 3.05) is 6.54 Å². The first kappa shape index (κ1) is 14.0. The third kappa shape index (κ3) is 3.34. The Bertz CT molecular complexity index is 617. The van der Waals surface area contributed by atoms with Crippen molar-refractivity contribution in [2.45, 2.75) is 13.0 Å². The number of nitriles is 1. The molecule has 0 atom stereocenters. The van der Waals surface area contributed by atoms with Crippen LogP contribution in [0.5, 0.6) is 5.75 Å². The molecular formula is C16H15FN2O. The minimum absolute atomic E-state index is 0.252. The lowest BCUT2D eigenvalue weighted by atomic mass is 10.1. The number of ether oxygens (including phenoxy) is 1. The Morgan fingerprint density at radius 2 is 1.90 bits per heavy atom. The number of nitrogens with two attached hydrogens (primary N) is 1. The Kier molecular flexibility index (Phi) is 4.70. The second-order valence-electron chi connectivity index (χ2n) is 4.36. The fourth-order valence-electron chi connectivity index (χ4n) is 1.90. The summed E-state index contributed by atoms with van der Waals surface area (Å²) in [5.41, 5.74) is 7.74. The SMILES string of the molecule is N#Cc1ccc(COc2c(F)cccc2CCN)cc1. The molecule has 0 aliphatic carbocycles. The number of nitrogens with zero attached hydrogens (tertiary/aromatic N) is 1. The summed E-state index contributed by atoms with van der Waals surface area (Å²) in [6.45, 7) is 0.695. The molecule has 0 bridgehead atoms. The van der Waals surface area contributed by atoms with E-state index in [2.05, 4.69) is 0 Å². The summed E-state index contributed by atoms with van der Waals surface area (Å²) in [6.07, 6.45) is 0.570. The molecule has 0 aliphatic rings. The van der Waals surface area contributed by atoms with Gasteiger partial charge in [-0.15, -0.1) is 0 Å². The number of benzene rings is 2. The minimum Gasteiger partial charge on any atom is -0.486 e. The molecule has 0 fully saturated rings. The van der Waals surface area contributed by atoms with Crippen LogP contribution in [0.4, 0.5) is 4.39 Å². The van der Waals surface area contributed by atoms with Crippen molar-refractivity contribution in [3.05, 3.63) is 65.0 Å². The van der Waals surface area contributed by atoms with Crippen LogP contribution >= 0.6 is 0 Å². The quantitative estimate of drug-likeness (QED) is 0.908. The first-order valence-electron chi connectivity index (χ1n) is 6.34. The van der Waals surface area contributed by atoms with E-state index >= 15 is 0 Å². The molecule has 2 aromatic rings. The molecule has 20 heavy (non-hydrogen) atoms. The van der Waals surface area contributed by atoms with E-state index in [1.54, 1.807) is 30.3 Å². The topological polar surface area (TPSA) is 59.0 Å². The number of hydrogen-bond donors (Lipinski definition) is 1. The van der Waals surface area contributed by atoms with E-state index in [0.29, 0.717) is 18.5 Å². The predicted molar refractivity (Wildman–Crippen MR) is 74.6 cm³/mol. The van der Waals surface area contributed by atoms with Crippen molar-refractivity contribution >= 4 is 0 Å². The zero-order chi connectivity index (χ0) is 14.4. The minimum atomic E-state index is -0.385. The maximum Gasteiger partial charge on any atom is 0.165 e. The summed E-state index contributed by atoms with van der Waals surface area (Å²) in [7, 11) is 0. The average Bonchev–Trinajstić information content (AvgIpc) is 2.47. The summed E-state index contributed by atoms with van der Waals surface area (Å²) in [5, 5.41) is 8.73. The Labute approximate surface area is 117 Å². The average molecular weight is 270 g/mol. The lowest BCUT2D eigenvalue weighted by molar-refractivity contribution is 0.287. The van der Waals surface area contributed by atoms with Gasteiger partial charge in [0.1, 0.15) is 6.61 Å². The zero-order valence-corrected chi connectivity index (χ0v) is 11.0. The standard InChI is InChI=1S/C16H15FN2O/c17-15-3-1-2-14(8-9-18)16(15)20-11-13-6-4-12(10-19)5-7-13/h1-7H,8-9,11,18H2. The Hall–Kier alpha value is -2.38. The molecule has 0 saturated heterocycles. The molecule has 0 amide bonds. The molecule has 0 radical (unpaired) electrons. The summed E-state index contributed by atoms with van der Waals surface area (Å²) in [4.78, 5) is 0. The van der Waals surface area contributed by atoms with E-state index in [4.69, 9.17) is 15.7 Å². The second kappa shape index (κ2) is 6.69. The highest BCUT2D eigenvalue weighted by Crippen LogP contribution is 2.24. The van der Waals surface area contributed by atoms with Crippen molar-refractivity contribution in [3.63, 3.8) is 0 Å². The maximum absolute atomic E-state index is 13.8. The van der Waals surface area contributed by atoms with Crippen LogP contribution in [0.1, 0.15) is 16.7 Å². The van der Waals surface area contributed by atoms with Gasteiger partial charge in [-0.1, -0.05) is 24.3 Å². The van der Waals surface area contributed by atoms with Crippen LogP contribution in [-0.2, 0) is 13.0 Å². The first-order chi connectivity index (χ1) is 9.74. The molecule has 0 aromatic heterocycles. The van der Waals surface area contributed by atoms with Crippen LogP contribution in [0, 0.1) is 17.1 Å². The largest absolute Gasteiger partial charge is 0.486 e. The monoisotopic (exact) mass is 270 g/mol. The molecule has 0 heterocycles. The predicted octanol–water partition coefficient (Wildman–Crippen LogP) is 2.78. The van der Waals surface area contributed by atoms with E-state index in [1.165, 1.54) is 6.07 Å². The highest BCUT2D eigenvalue weighted by atomic mass is 19.1. The Morgan fingerprint density at radius 3 is 2.55 bits per heavy atom. The lowest BCUT2D eigenvalue weighted by Crippen LogP contribution is -2.06. The van der Waals surface area contributed by atoms with E-state index in [1.807, 2.05) is 12.1 Å². The summed E-state index contributed by atoms with van der Waals surface area (Å²) in [6, 6.07) is 13.9. The summed E-state index contributed by atoms with van der Waals surface area (Å²) in [5.74, 6) is -0.132. The number of rotatable bonds is 5.